The Morgan fingerprint density at radius 2 is 2.21 bits per heavy atom. The van der Waals surface area contributed by atoms with E-state index in [9.17, 15) is 0 Å². The van der Waals surface area contributed by atoms with Gasteiger partial charge in [-0.05, 0) is 19.1 Å². The number of nitrogens with one attached hydrogen (secondary N) is 1. The zero-order chi connectivity index (χ0) is 13.7. The first-order chi connectivity index (χ1) is 9.19. The van der Waals surface area contributed by atoms with Crippen molar-refractivity contribution in [1.82, 2.24) is 15.5 Å². The number of hydrogen-bond donors (Lipinski definition) is 1. The van der Waals surface area contributed by atoms with Gasteiger partial charge < -0.3 is 14.6 Å². The van der Waals surface area contributed by atoms with Crippen molar-refractivity contribution < 1.29 is 9.26 Å². The second-order valence-corrected chi connectivity index (χ2v) is 4.51. The molecule has 19 heavy (non-hydrogen) atoms. The fraction of sp³-hybridized carbons (Fsp3) is 0.429. The van der Waals surface area contributed by atoms with Crippen molar-refractivity contribution in [2.45, 2.75) is 33.4 Å². The van der Waals surface area contributed by atoms with Crippen molar-refractivity contribution in [3.63, 3.8) is 0 Å². The van der Waals surface area contributed by atoms with Crippen LogP contribution in [0.3, 0.4) is 0 Å². The van der Waals surface area contributed by atoms with Gasteiger partial charge in [-0.1, -0.05) is 31.1 Å². The summed E-state index contributed by atoms with van der Waals surface area (Å²) in [6.45, 7) is 7.32. The molecule has 0 amide bonds. The van der Waals surface area contributed by atoms with Gasteiger partial charge in [-0.2, -0.15) is 4.98 Å². The van der Waals surface area contributed by atoms with Gasteiger partial charge in [-0.15, -0.1) is 0 Å². The molecule has 0 unspecified atom stereocenters. The summed E-state index contributed by atoms with van der Waals surface area (Å²) in [7, 11) is 0. The maximum atomic E-state index is 5.46. The maximum absolute atomic E-state index is 5.46. The van der Waals surface area contributed by atoms with E-state index < -0.39 is 0 Å². The molecule has 0 aliphatic rings. The minimum Gasteiger partial charge on any atom is -0.494 e. The highest BCUT2D eigenvalue weighted by molar-refractivity contribution is 5.56. The van der Waals surface area contributed by atoms with Gasteiger partial charge in [0.05, 0.1) is 13.2 Å². The Morgan fingerprint density at radius 1 is 1.37 bits per heavy atom. The van der Waals surface area contributed by atoms with E-state index in [-0.39, 0.29) is 0 Å². The van der Waals surface area contributed by atoms with Crippen LogP contribution < -0.4 is 10.1 Å². The van der Waals surface area contributed by atoms with Crippen LogP contribution in [0.1, 0.15) is 26.7 Å². The normalized spacial score (nSPS) is 10.9. The molecule has 1 aromatic carbocycles. The van der Waals surface area contributed by atoms with Crippen molar-refractivity contribution in [1.29, 1.82) is 0 Å². The number of aromatic nitrogens is 2. The highest BCUT2D eigenvalue weighted by Crippen LogP contribution is 2.21. The summed E-state index contributed by atoms with van der Waals surface area (Å²) < 4.78 is 10.7. The van der Waals surface area contributed by atoms with E-state index in [2.05, 4.69) is 29.3 Å². The lowest BCUT2D eigenvalue weighted by atomic mass is 10.2. The third kappa shape index (κ3) is 3.79. The third-order valence-electron chi connectivity index (χ3n) is 2.53. The Bertz CT molecular complexity index is 523. The summed E-state index contributed by atoms with van der Waals surface area (Å²) in [6, 6.07) is 8.06. The summed E-state index contributed by atoms with van der Waals surface area (Å²) in [5.74, 6) is 1.99. The molecule has 0 radical (unpaired) electrons. The zero-order valence-corrected chi connectivity index (χ0v) is 11.5. The van der Waals surface area contributed by atoms with Crippen molar-refractivity contribution in [2.24, 2.45) is 0 Å². The fourth-order valence-corrected chi connectivity index (χ4v) is 1.63. The molecular formula is C14H19N3O2. The van der Waals surface area contributed by atoms with E-state index in [0.29, 0.717) is 30.9 Å². The van der Waals surface area contributed by atoms with Gasteiger partial charge in [-0.25, -0.2) is 0 Å². The summed E-state index contributed by atoms with van der Waals surface area (Å²) in [6.07, 6.45) is 0. The molecule has 0 bridgehead atoms. The maximum Gasteiger partial charge on any atom is 0.240 e. The van der Waals surface area contributed by atoms with Crippen LogP contribution in [-0.2, 0) is 6.54 Å². The van der Waals surface area contributed by atoms with Gasteiger partial charge in [0.25, 0.3) is 0 Å². The molecule has 102 valence electrons. The lowest BCUT2D eigenvalue weighted by molar-refractivity contribution is 0.340. The fourth-order valence-electron chi connectivity index (χ4n) is 1.63. The van der Waals surface area contributed by atoms with Crippen LogP contribution in [0.5, 0.6) is 5.75 Å². The predicted molar refractivity (Wildman–Crippen MR) is 72.9 cm³/mol. The van der Waals surface area contributed by atoms with Crippen molar-refractivity contribution in [3.05, 3.63) is 30.2 Å². The smallest absolute Gasteiger partial charge is 0.240 e. The summed E-state index contributed by atoms with van der Waals surface area (Å²) in [4.78, 5) is 4.36. The monoisotopic (exact) mass is 261 g/mol. The number of benzene rings is 1. The van der Waals surface area contributed by atoms with Crippen LogP contribution in [0.2, 0.25) is 0 Å². The molecule has 0 fully saturated rings. The number of rotatable bonds is 6. The third-order valence-corrected chi connectivity index (χ3v) is 2.53. The lowest BCUT2D eigenvalue weighted by Gasteiger charge is -2.03. The second-order valence-electron chi connectivity index (χ2n) is 4.51. The Morgan fingerprint density at radius 3 is 2.95 bits per heavy atom. The van der Waals surface area contributed by atoms with E-state index in [1.54, 1.807) is 0 Å². The highest BCUT2D eigenvalue weighted by Gasteiger charge is 2.09. The molecule has 5 heteroatoms. The molecule has 1 heterocycles. The van der Waals surface area contributed by atoms with Crippen molar-refractivity contribution in [3.8, 4) is 17.1 Å². The van der Waals surface area contributed by atoms with Crippen LogP contribution in [0, 0.1) is 0 Å². The minimum absolute atomic E-state index is 0.386. The summed E-state index contributed by atoms with van der Waals surface area (Å²) in [5.41, 5.74) is 0.894. The van der Waals surface area contributed by atoms with E-state index in [4.69, 9.17) is 9.26 Å². The molecule has 0 saturated carbocycles. The van der Waals surface area contributed by atoms with E-state index >= 15 is 0 Å². The van der Waals surface area contributed by atoms with Gasteiger partial charge in [0, 0.05) is 11.6 Å². The molecule has 0 aliphatic heterocycles. The molecule has 0 atom stereocenters. The Labute approximate surface area is 113 Å². The predicted octanol–water partition coefficient (Wildman–Crippen LogP) is 2.63. The number of hydrogen-bond acceptors (Lipinski definition) is 5. The Hall–Kier alpha value is -1.88. The Kier molecular flexibility index (Phi) is 4.52. The molecule has 1 N–H and O–H groups in total. The average Bonchev–Trinajstić information content (AvgIpc) is 2.86. The first-order valence-corrected chi connectivity index (χ1v) is 6.48. The van der Waals surface area contributed by atoms with Gasteiger partial charge in [0.1, 0.15) is 5.75 Å². The second kappa shape index (κ2) is 6.33. The molecule has 2 aromatic rings. The van der Waals surface area contributed by atoms with Gasteiger partial charge in [-0.3, -0.25) is 0 Å². The molecule has 1 aromatic heterocycles. The molecule has 0 aliphatic carbocycles. The van der Waals surface area contributed by atoms with Crippen LogP contribution in [0.25, 0.3) is 11.4 Å². The summed E-state index contributed by atoms with van der Waals surface area (Å²) in [5, 5.41) is 7.22. The first-order valence-electron chi connectivity index (χ1n) is 6.48. The molecule has 2 rings (SSSR count). The van der Waals surface area contributed by atoms with Gasteiger partial charge in [0.2, 0.25) is 11.7 Å². The van der Waals surface area contributed by atoms with E-state index in [1.807, 2.05) is 31.2 Å². The molecule has 0 spiro atoms. The van der Waals surface area contributed by atoms with Crippen molar-refractivity contribution in [2.75, 3.05) is 6.61 Å². The zero-order valence-electron chi connectivity index (χ0n) is 11.5. The SMILES string of the molecule is CCOc1cccc(-c2noc(CNC(C)C)n2)c1. The minimum atomic E-state index is 0.386. The quantitative estimate of drug-likeness (QED) is 0.866. The molecular weight excluding hydrogens is 242 g/mol. The average molecular weight is 261 g/mol. The molecule has 0 saturated heterocycles. The summed E-state index contributed by atoms with van der Waals surface area (Å²) >= 11 is 0. The first kappa shape index (κ1) is 13.5. The number of ether oxygens (including phenoxy) is 1. The number of nitrogens with zero attached hydrogens (tertiary/aromatic N) is 2. The van der Waals surface area contributed by atoms with E-state index in [1.165, 1.54) is 0 Å². The molecule has 5 nitrogen and oxygen atoms in total. The highest BCUT2D eigenvalue weighted by atomic mass is 16.5. The van der Waals surface area contributed by atoms with Gasteiger partial charge >= 0.3 is 0 Å². The van der Waals surface area contributed by atoms with E-state index in [0.717, 1.165) is 11.3 Å². The Balaban J connectivity index is 2.11. The standard InChI is InChI=1S/C14H19N3O2/c1-4-18-12-7-5-6-11(8-12)14-16-13(19-17-14)9-15-10(2)3/h5-8,10,15H,4,9H2,1-3H3. The topological polar surface area (TPSA) is 60.2 Å². The van der Waals surface area contributed by atoms with Gasteiger partial charge in [0.15, 0.2) is 0 Å². The lowest BCUT2D eigenvalue weighted by Crippen LogP contribution is -2.21. The van der Waals surface area contributed by atoms with Crippen molar-refractivity contribution >= 4 is 0 Å². The van der Waals surface area contributed by atoms with Crippen LogP contribution in [0.15, 0.2) is 28.8 Å². The largest absolute Gasteiger partial charge is 0.494 e. The van der Waals surface area contributed by atoms with Crippen LogP contribution in [0.4, 0.5) is 0 Å². The van der Waals surface area contributed by atoms with Crippen LogP contribution >= 0.6 is 0 Å². The van der Waals surface area contributed by atoms with Crippen LogP contribution in [-0.4, -0.2) is 22.8 Å².